The zero-order valence-electron chi connectivity index (χ0n) is 9.83. The molecule has 16 heavy (non-hydrogen) atoms. The Hall–Kier alpha value is -1.31. The molecule has 2 nitrogen and oxygen atoms in total. The molecule has 1 aromatic rings. The van der Waals surface area contributed by atoms with Gasteiger partial charge in [-0.2, -0.15) is 0 Å². The van der Waals surface area contributed by atoms with Crippen molar-refractivity contribution in [2.45, 2.75) is 32.6 Å². The standard InChI is InChI=1S/C14H19NO/c1-2-3-4-7-11-10-15-13-9-6-5-8-12(13)14(11)16/h5-6,8-9,11,15H,2-4,7,10H2,1H3. The van der Waals surface area contributed by atoms with Gasteiger partial charge in [-0.05, 0) is 18.6 Å². The molecule has 0 aromatic heterocycles. The Morgan fingerprint density at radius 2 is 2.12 bits per heavy atom. The molecule has 1 unspecified atom stereocenters. The fraction of sp³-hybridized carbons (Fsp3) is 0.500. The minimum atomic E-state index is 0.182. The number of anilines is 1. The molecule has 86 valence electrons. The quantitative estimate of drug-likeness (QED) is 0.782. The fourth-order valence-electron chi connectivity index (χ4n) is 2.27. The number of Topliss-reactive ketones (excluding diaryl/α,β-unsaturated/α-hetero) is 1. The van der Waals surface area contributed by atoms with E-state index < -0.39 is 0 Å². The number of carbonyl (C=O) groups is 1. The lowest BCUT2D eigenvalue weighted by Gasteiger charge is -2.24. The van der Waals surface area contributed by atoms with E-state index >= 15 is 0 Å². The number of fused-ring (bicyclic) bond motifs is 1. The fourth-order valence-corrected chi connectivity index (χ4v) is 2.27. The molecule has 0 saturated heterocycles. The van der Waals surface area contributed by atoms with Gasteiger partial charge in [-0.25, -0.2) is 0 Å². The van der Waals surface area contributed by atoms with Crippen LogP contribution in [0.2, 0.25) is 0 Å². The number of unbranched alkanes of at least 4 members (excludes halogenated alkanes) is 2. The number of benzene rings is 1. The highest BCUT2D eigenvalue weighted by atomic mass is 16.1. The Labute approximate surface area is 97.1 Å². The SMILES string of the molecule is CCCCCC1CNc2ccccc2C1=O. The first-order chi connectivity index (χ1) is 7.83. The molecular formula is C14H19NO. The third-order valence-corrected chi connectivity index (χ3v) is 3.26. The molecule has 0 fully saturated rings. The van der Waals surface area contributed by atoms with Crippen molar-refractivity contribution >= 4 is 11.5 Å². The van der Waals surface area contributed by atoms with Crippen molar-refractivity contribution in [1.82, 2.24) is 0 Å². The van der Waals surface area contributed by atoms with Gasteiger partial charge >= 0.3 is 0 Å². The van der Waals surface area contributed by atoms with E-state index in [1.807, 2.05) is 24.3 Å². The monoisotopic (exact) mass is 217 g/mol. The lowest BCUT2D eigenvalue weighted by Crippen LogP contribution is -2.29. The van der Waals surface area contributed by atoms with Crippen molar-refractivity contribution in [2.75, 3.05) is 11.9 Å². The number of hydrogen-bond donors (Lipinski definition) is 1. The summed E-state index contributed by atoms with van der Waals surface area (Å²) in [5.41, 5.74) is 1.87. The number of para-hydroxylation sites is 1. The minimum absolute atomic E-state index is 0.182. The molecule has 2 rings (SSSR count). The first-order valence-electron chi connectivity index (χ1n) is 6.20. The highest BCUT2D eigenvalue weighted by Gasteiger charge is 2.25. The first-order valence-corrected chi connectivity index (χ1v) is 6.20. The summed E-state index contributed by atoms with van der Waals surface area (Å²) in [4.78, 5) is 12.2. The molecule has 1 aromatic carbocycles. The third-order valence-electron chi connectivity index (χ3n) is 3.26. The molecule has 1 atom stereocenters. The average Bonchev–Trinajstić information content (AvgIpc) is 2.33. The van der Waals surface area contributed by atoms with Gasteiger partial charge in [0, 0.05) is 23.7 Å². The van der Waals surface area contributed by atoms with Crippen LogP contribution >= 0.6 is 0 Å². The molecule has 0 aliphatic carbocycles. The van der Waals surface area contributed by atoms with E-state index in [9.17, 15) is 4.79 Å². The summed E-state index contributed by atoms with van der Waals surface area (Å²) < 4.78 is 0. The lowest BCUT2D eigenvalue weighted by atomic mass is 9.88. The Morgan fingerprint density at radius 1 is 1.31 bits per heavy atom. The predicted molar refractivity (Wildman–Crippen MR) is 66.9 cm³/mol. The zero-order chi connectivity index (χ0) is 11.4. The Bertz CT molecular complexity index is 373. The predicted octanol–water partition coefficient (Wildman–Crippen LogP) is 3.49. The van der Waals surface area contributed by atoms with E-state index in [1.165, 1.54) is 12.8 Å². The second-order valence-electron chi connectivity index (χ2n) is 4.48. The van der Waals surface area contributed by atoms with E-state index in [-0.39, 0.29) is 5.92 Å². The molecule has 0 radical (unpaired) electrons. The van der Waals surface area contributed by atoms with Crippen LogP contribution in [-0.2, 0) is 0 Å². The topological polar surface area (TPSA) is 29.1 Å². The average molecular weight is 217 g/mol. The highest BCUT2D eigenvalue weighted by Crippen LogP contribution is 2.26. The van der Waals surface area contributed by atoms with E-state index in [0.29, 0.717) is 5.78 Å². The number of nitrogens with one attached hydrogen (secondary N) is 1. The van der Waals surface area contributed by atoms with E-state index in [1.54, 1.807) is 0 Å². The van der Waals surface area contributed by atoms with Crippen LogP contribution in [0.1, 0.15) is 43.0 Å². The molecule has 1 aliphatic heterocycles. The van der Waals surface area contributed by atoms with Crippen LogP contribution in [0, 0.1) is 5.92 Å². The van der Waals surface area contributed by atoms with Gasteiger partial charge < -0.3 is 5.32 Å². The van der Waals surface area contributed by atoms with Gasteiger partial charge in [0.05, 0.1) is 0 Å². The Balaban J connectivity index is 2.03. The first kappa shape index (κ1) is 11.2. The minimum Gasteiger partial charge on any atom is -0.384 e. The van der Waals surface area contributed by atoms with Crippen LogP contribution < -0.4 is 5.32 Å². The largest absolute Gasteiger partial charge is 0.384 e. The van der Waals surface area contributed by atoms with E-state index in [0.717, 1.165) is 30.6 Å². The normalized spacial score (nSPS) is 19.1. The van der Waals surface area contributed by atoms with Crippen LogP contribution in [0.25, 0.3) is 0 Å². The number of rotatable bonds is 4. The van der Waals surface area contributed by atoms with Crippen molar-refractivity contribution in [3.05, 3.63) is 29.8 Å². The third kappa shape index (κ3) is 2.26. The summed E-state index contributed by atoms with van der Waals surface area (Å²) >= 11 is 0. The second kappa shape index (κ2) is 5.15. The van der Waals surface area contributed by atoms with Crippen LogP contribution in [0.5, 0.6) is 0 Å². The maximum atomic E-state index is 12.2. The van der Waals surface area contributed by atoms with Crippen LogP contribution in [-0.4, -0.2) is 12.3 Å². The smallest absolute Gasteiger partial charge is 0.169 e. The Morgan fingerprint density at radius 3 is 2.94 bits per heavy atom. The second-order valence-corrected chi connectivity index (χ2v) is 4.48. The molecule has 1 heterocycles. The van der Waals surface area contributed by atoms with Gasteiger partial charge in [0.15, 0.2) is 5.78 Å². The van der Waals surface area contributed by atoms with Crippen LogP contribution in [0.4, 0.5) is 5.69 Å². The molecule has 0 bridgehead atoms. The highest BCUT2D eigenvalue weighted by molar-refractivity contribution is 6.04. The van der Waals surface area contributed by atoms with Crippen molar-refractivity contribution < 1.29 is 4.79 Å². The summed E-state index contributed by atoms with van der Waals surface area (Å²) in [7, 11) is 0. The van der Waals surface area contributed by atoms with Crippen LogP contribution in [0.15, 0.2) is 24.3 Å². The lowest BCUT2D eigenvalue weighted by molar-refractivity contribution is 0.0914. The molecule has 2 heteroatoms. The maximum Gasteiger partial charge on any atom is 0.169 e. The van der Waals surface area contributed by atoms with Gasteiger partial charge in [-0.15, -0.1) is 0 Å². The molecule has 1 aliphatic rings. The summed E-state index contributed by atoms with van der Waals surface area (Å²) in [6.07, 6.45) is 4.63. The summed E-state index contributed by atoms with van der Waals surface area (Å²) in [5, 5.41) is 3.35. The molecule has 0 amide bonds. The zero-order valence-corrected chi connectivity index (χ0v) is 9.83. The number of ketones is 1. The molecular weight excluding hydrogens is 198 g/mol. The summed E-state index contributed by atoms with van der Waals surface area (Å²) in [6.45, 7) is 3.00. The molecule has 0 spiro atoms. The Kier molecular flexibility index (Phi) is 3.60. The van der Waals surface area contributed by atoms with Gasteiger partial charge in [0.1, 0.15) is 0 Å². The van der Waals surface area contributed by atoms with Crippen LogP contribution in [0.3, 0.4) is 0 Å². The van der Waals surface area contributed by atoms with Gasteiger partial charge in [-0.1, -0.05) is 38.3 Å². The van der Waals surface area contributed by atoms with E-state index in [2.05, 4.69) is 12.2 Å². The maximum absolute atomic E-state index is 12.2. The van der Waals surface area contributed by atoms with Crippen molar-refractivity contribution in [2.24, 2.45) is 5.92 Å². The van der Waals surface area contributed by atoms with Gasteiger partial charge in [0.2, 0.25) is 0 Å². The number of hydrogen-bond acceptors (Lipinski definition) is 2. The summed E-state index contributed by atoms with van der Waals surface area (Å²) in [5.74, 6) is 0.506. The summed E-state index contributed by atoms with van der Waals surface area (Å²) in [6, 6.07) is 7.81. The van der Waals surface area contributed by atoms with Crippen molar-refractivity contribution in [3.8, 4) is 0 Å². The van der Waals surface area contributed by atoms with Crippen molar-refractivity contribution in [1.29, 1.82) is 0 Å². The van der Waals surface area contributed by atoms with Crippen molar-refractivity contribution in [3.63, 3.8) is 0 Å². The van der Waals surface area contributed by atoms with E-state index in [4.69, 9.17) is 0 Å². The molecule has 0 saturated carbocycles. The van der Waals surface area contributed by atoms with Gasteiger partial charge in [0.25, 0.3) is 0 Å². The number of carbonyl (C=O) groups excluding carboxylic acids is 1. The van der Waals surface area contributed by atoms with Gasteiger partial charge in [-0.3, -0.25) is 4.79 Å². The molecule has 1 N–H and O–H groups in total.